The van der Waals surface area contributed by atoms with Crippen LogP contribution in [0, 0.1) is 12.3 Å². The number of nitrogens with zero attached hydrogens (tertiary/aromatic N) is 1. The fourth-order valence-electron chi connectivity index (χ4n) is 2.27. The highest BCUT2D eigenvalue weighted by Gasteiger charge is 2.12. The first-order valence-electron chi connectivity index (χ1n) is 6.31. The van der Waals surface area contributed by atoms with Crippen molar-refractivity contribution in [1.82, 2.24) is 10.3 Å². The van der Waals surface area contributed by atoms with Crippen molar-refractivity contribution in [2.45, 2.75) is 25.3 Å². The predicted octanol–water partition coefficient (Wildman–Crippen LogP) is 3.30. The summed E-state index contributed by atoms with van der Waals surface area (Å²) in [7, 11) is 1.99. The van der Waals surface area contributed by atoms with Gasteiger partial charge >= 0.3 is 0 Å². The molecule has 18 heavy (non-hydrogen) atoms. The Hall–Kier alpha value is -1.85. The number of terminal acetylenes is 1. The van der Waals surface area contributed by atoms with Gasteiger partial charge in [0, 0.05) is 24.0 Å². The molecule has 2 nitrogen and oxygen atoms in total. The summed E-state index contributed by atoms with van der Waals surface area (Å²) in [5, 5.41) is 4.55. The second-order valence-corrected chi connectivity index (χ2v) is 4.36. The van der Waals surface area contributed by atoms with Crippen molar-refractivity contribution in [3.8, 4) is 12.3 Å². The molecule has 0 aliphatic rings. The monoisotopic (exact) mass is 238 g/mol. The van der Waals surface area contributed by atoms with Gasteiger partial charge in [0.2, 0.25) is 0 Å². The van der Waals surface area contributed by atoms with Gasteiger partial charge in [-0.1, -0.05) is 24.3 Å². The van der Waals surface area contributed by atoms with E-state index in [2.05, 4.69) is 40.5 Å². The SMILES string of the molecule is C#CCCCC(NC)c1cccc2cccnc12. The summed E-state index contributed by atoms with van der Waals surface area (Å²) in [4.78, 5) is 4.50. The number of para-hydroxylation sites is 1. The average Bonchev–Trinajstić information content (AvgIpc) is 2.43. The van der Waals surface area contributed by atoms with Gasteiger partial charge in [-0.25, -0.2) is 0 Å². The van der Waals surface area contributed by atoms with E-state index in [0.29, 0.717) is 6.04 Å². The van der Waals surface area contributed by atoms with Crippen molar-refractivity contribution in [3.05, 3.63) is 42.1 Å². The molecule has 1 aromatic heterocycles. The average molecular weight is 238 g/mol. The third kappa shape index (κ3) is 2.69. The smallest absolute Gasteiger partial charge is 0.0749 e. The molecule has 1 aromatic carbocycles. The van der Waals surface area contributed by atoms with Crippen LogP contribution in [0.25, 0.3) is 10.9 Å². The minimum Gasteiger partial charge on any atom is -0.313 e. The zero-order chi connectivity index (χ0) is 12.8. The van der Waals surface area contributed by atoms with Crippen molar-refractivity contribution in [1.29, 1.82) is 0 Å². The molecular weight excluding hydrogens is 220 g/mol. The van der Waals surface area contributed by atoms with E-state index in [1.54, 1.807) is 0 Å². The molecule has 0 saturated carbocycles. The summed E-state index contributed by atoms with van der Waals surface area (Å²) < 4.78 is 0. The molecule has 0 amide bonds. The van der Waals surface area contributed by atoms with Gasteiger partial charge in [0.15, 0.2) is 0 Å². The van der Waals surface area contributed by atoms with E-state index in [4.69, 9.17) is 6.42 Å². The Kier molecular flexibility index (Phi) is 4.33. The highest BCUT2D eigenvalue weighted by molar-refractivity contribution is 5.81. The number of aromatic nitrogens is 1. The van der Waals surface area contributed by atoms with E-state index in [-0.39, 0.29) is 0 Å². The molecular formula is C16H18N2. The van der Waals surface area contributed by atoms with Crippen LogP contribution in [0.2, 0.25) is 0 Å². The standard InChI is InChI=1S/C16H18N2/c1-3-4-5-11-15(17-2)14-10-6-8-13-9-7-12-18-16(13)14/h1,6-10,12,15,17H,4-5,11H2,2H3. The van der Waals surface area contributed by atoms with Crippen LogP contribution >= 0.6 is 0 Å². The molecule has 0 fully saturated rings. The Morgan fingerprint density at radius 2 is 2.17 bits per heavy atom. The summed E-state index contributed by atoms with van der Waals surface area (Å²) in [6, 6.07) is 10.7. The van der Waals surface area contributed by atoms with Crippen LogP contribution in [0.5, 0.6) is 0 Å². The molecule has 0 aliphatic carbocycles. The first kappa shape index (κ1) is 12.6. The van der Waals surface area contributed by atoms with Crippen molar-refractivity contribution in [2.75, 3.05) is 7.05 Å². The van der Waals surface area contributed by atoms with Crippen LogP contribution in [-0.2, 0) is 0 Å². The Labute approximate surface area is 108 Å². The summed E-state index contributed by atoms with van der Waals surface area (Å²) in [6.07, 6.45) is 10.1. The first-order valence-corrected chi connectivity index (χ1v) is 6.31. The highest BCUT2D eigenvalue weighted by atomic mass is 14.9. The fraction of sp³-hybridized carbons (Fsp3) is 0.312. The molecule has 1 heterocycles. The van der Waals surface area contributed by atoms with Gasteiger partial charge < -0.3 is 5.32 Å². The van der Waals surface area contributed by atoms with E-state index in [9.17, 15) is 0 Å². The number of hydrogen-bond acceptors (Lipinski definition) is 2. The number of nitrogens with one attached hydrogen (secondary N) is 1. The lowest BCUT2D eigenvalue weighted by molar-refractivity contribution is 0.534. The molecule has 0 bridgehead atoms. The van der Waals surface area contributed by atoms with Crippen LogP contribution in [0.15, 0.2) is 36.5 Å². The molecule has 0 spiro atoms. The topological polar surface area (TPSA) is 24.9 Å². The summed E-state index contributed by atoms with van der Waals surface area (Å²) in [5.74, 6) is 2.69. The minimum absolute atomic E-state index is 0.317. The summed E-state index contributed by atoms with van der Waals surface area (Å²) in [6.45, 7) is 0. The lowest BCUT2D eigenvalue weighted by atomic mass is 9.98. The molecule has 0 saturated heterocycles. The van der Waals surface area contributed by atoms with Crippen LogP contribution in [-0.4, -0.2) is 12.0 Å². The maximum absolute atomic E-state index is 5.30. The van der Waals surface area contributed by atoms with E-state index < -0.39 is 0 Å². The quantitative estimate of drug-likeness (QED) is 0.638. The normalized spacial score (nSPS) is 12.2. The molecule has 1 unspecified atom stereocenters. The lowest BCUT2D eigenvalue weighted by Crippen LogP contribution is -2.16. The number of benzene rings is 1. The summed E-state index contributed by atoms with van der Waals surface area (Å²) in [5.41, 5.74) is 2.34. The van der Waals surface area contributed by atoms with Gasteiger partial charge in [-0.15, -0.1) is 12.3 Å². The summed E-state index contributed by atoms with van der Waals surface area (Å²) >= 11 is 0. The zero-order valence-corrected chi connectivity index (χ0v) is 10.7. The molecule has 92 valence electrons. The lowest BCUT2D eigenvalue weighted by Gasteiger charge is -2.17. The third-order valence-electron chi connectivity index (χ3n) is 3.20. The minimum atomic E-state index is 0.317. The van der Waals surface area contributed by atoms with Gasteiger partial charge in [0.1, 0.15) is 0 Å². The third-order valence-corrected chi connectivity index (χ3v) is 3.20. The van der Waals surface area contributed by atoms with E-state index >= 15 is 0 Å². The first-order chi connectivity index (χ1) is 8.86. The predicted molar refractivity (Wildman–Crippen MR) is 76.2 cm³/mol. The van der Waals surface area contributed by atoms with Crippen molar-refractivity contribution in [2.24, 2.45) is 0 Å². The zero-order valence-electron chi connectivity index (χ0n) is 10.7. The molecule has 0 aliphatic heterocycles. The van der Waals surface area contributed by atoms with Gasteiger partial charge in [0.25, 0.3) is 0 Å². The van der Waals surface area contributed by atoms with Crippen LogP contribution in [0.4, 0.5) is 0 Å². The fourth-order valence-corrected chi connectivity index (χ4v) is 2.27. The van der Waals surface area contributed by atoms with Crippen molar-refractivity contribution in [3.63, 3.8) is 0 Å². The Balaban J connectivity index is 2.30. The number of hydrogen-bond donors (Lipinski definition) is 1. The van der Waals surface area contributed by atoms with Crippen LogP contribution in [0.3, 0.4) is 0 Å². The van der Waals surface area contributed by atoms with Gasteiger partial charge in [-0.3, -0.25) is 4.98 Å². The second-order valence-electron chi connectivity index (χ2n) is 4.36. The van der Waals surface area contributed by atoms with E-state index in [0.717, 1.165) is 24.8 Å². The number of pyridine rings is 1. The molecule has 2 aromatic rings. The maximum Gasteiger partial charge on any atom is 0.0749 e. The number of fused-ring (bicyclic) bond motifs is 1. The Morgan fingerprint density at radius 3 is 2.94 bits per heavy atom. The number of rotatable bonds is 5. The molecule has 1 atom stereocenters. The van der Waals surface area contributed by atoms with E-state index in [1.165, 1.54) is 10.9 Å². The van der Waals surface area contributed by atoms with Crippen LogP contribution in [0.1, 0.15) is 30.9 Å². The highest BCUT2D eigenvalue weighted by Crippen LogP contribution is 2.25. The van der Waals surface area contributed by atoms with Gasteiger partial charge in [-0.05, 0) is 31.5 Å². The van der Waals surface area contributed by atoms with Gasteiger partial charge in [-0.2, -0.15) is 0 Å². The molecule has 1 N–H and O–H groups in total. The Bertz CT molecular complexity index is 549. The molecule has 2 rings (SSSR count). The molecule has 2 heteroatoms. The maximum atomic E-state index is 5.30. The van der Waals surface area contributed by atoms with Crippen LogP contribution < -0.4 is 5.32 Å². The van der Waals surface area contributed by atoms with Crippen molar-refractivity contribution < 1.29 is 0 Å². The van der Waals surface area contributed by atoms with Gasteiger partial charge in [0.05, 0.1) is 5.52 Å². The molecule has 0 radical (unpaired) electrons. The largest absolute Gasteiger partial charge is 0.313 e. The van der Waals surface area contributed by atoms with E-state index in [1.807, 2.05) is 19.3 Å². The number of unbranched alkanes of at least 4 members (excludes halogenated alkanes) is 1. The van der Waals surface area contributed by atoms with Crippen molar-refractivity contribution >= 4 is 10.9 Å². The second kappa shape index (κ2) is 6.18. The Morgan fingerprint density at radius 1 is 1.33 bits per heavy atom.